The number of carbonyl (C=O) groups is 3. The third kappa shape index (κ3) is 7.95. The van der Waals surface area contributed by atoms with Gasteiger partial charge in [-0.15, -0.1) is 0 Å². The fourth-order valence-corrected chi connectivity index (χ4v) is 6.26. The van der Waals surface area contributed by atoms with Crippen LogP contribution in [-0.2, 0) is 27.5 Å². The van der Waals surface area contributed by atoms with Crippen molar-refractivity contribution in [2.45, 2.75) is 26.0 Å². The van der Waals surface area contributed by atoms with E-state index in [4.69, 9.17) is 32.7 Å². The van der Waals surface area contributed by atoms with Crippen LogP contribution in [-0.4, -0.2) is 73.1 Å². The molecule has 0 bridgehead atoms. The van der Waals surface area contributed by atoms with Crippen molar-refractivity contribution >= 4 is 57.6 Å². The molecule has 1 saturated heterocycles. The summed E-state index contributed by atoms with van der Waals surface area (Å²) in [5, 5.41) is 9.18. The Kier molecular flexibility index (Phi) is 11.2. The van der Waals surface area contributed by atoms with Gasteiger partial charge in [0.2, 0.25) is 17.7 Å². The molecule has 2 aromatic heterocycles. The minimum atomic E-state index is -0.366. The van der Waals surface area contributed by atoms with Crippen LogP contribution < -0.4 is 30.3 Å². The zero-order valence-corrected chi connectivity index (χ0v) is 27.9. The number of imidazole rings is 1. The molecule has 4 aromatic rings. The number of amides is 3. The Morgan fingerprint density at radius 3 is 2.68 bits per heavy atom. The van der Waals surface area contributed by atoms with Crippen LogP contribution >= 0.6 is 23.2 Å². The Labute approximate surface area is 282 Å². The number of pyridine rings is 1. The van der Waals surface area contributed by atoms with E-state index >= 15 is 0 Å². The summed E-state index contributed by atoms with van der Waals surface area (Å²) in [4.78, 5) is 48.2. The highest BCUT2D eigenvalue weighted by Crippen LogP contribution is 2.36. The molecule has 3 heterocycles. The number of para-hydroxylation sites is 1. The molecule has 1 aliphatic heterocycles. The van der Waals surface area contributed by atoms with Crippen LogP contribution in [0, 0.1) is 11.8 Å². The van der Waals surface area contributed by atoms with E-state index < -0.39 is 0 Å². The molecular formula is C33H37Cl2N7O5. The van der Waals surface area contributed by atoms with Crippen LogP contribution in [0.3, 0.4) is 0 Å². The first-order valence-electron chi connectivity index (χ1n) is 15.2. The molecule has 1 fully saturated rings. The minimum absolute atomic E-state index is 0.00523. The number of nitrogens with zero attached hydrogens (tertiary/aromatic N) is 4. The summed E-state index contributed by atoms with van der Waals surface area (Å²) in [6.45, 7) is 1.46. The third-order valence-corrected chi connectivity index (χ3v) is 8.95. The van der Waals surface area contributed by atoms with Gasteiger partial charge >= 0.3 is 0 Å². The van der Waals surface area contributed by atoms with Crippen molar-refractivity contribution in [2.24, 2.45) is 11.8 Å². The van der Waals surface area contributed by atoms with Crippen molar-refractivity contribution in [3.63, 3.8) is 0 Å². The molecule has 248 valence electrons. The van der Waals surface area contributed by atoms with Gasteiger partial charge in [0.15, 0.2) is 0 Å². The Bertz CT molecular complexity index is 1750. The Morgan fingerprint density at radius 1 is 1.11 bits per heavy atom. The average Bonchev–Trinajstić information content (AvgIpc) is 3.44. The second kappa shape index (κ2) is 15.5. The molecule has 47 heavy (non-hydrogen) atoms. The van der Waals surface area contributed by atoms with Crippen molar-refractivity contribution in [3.8, 4) is 11.8 Å². The van der Waals surface area contributed by atoms with Gasteiger partial charge in [-0.1, -0.05) is 35.3 Å². The molecule has 0 saturated carbocycles. The summed E-state index contributed by atoms with van der Waals surface area (Å²) in [6, 6.07) is 15.0. The predicted molar refractivity (Wildman–Crippen MR) is 180 cm³/mol. The molecule has 0 aliphatic carbocycles. The highest BCUT2D eigenvalue weighted by Gasteiger charge is 2.28. The Morgan fingerprint density at radius 2 is 1.94 bits per heavy atom. The fraction of sp³-hybridized carbons (Fsp3) is 0.364. The molecule has 2 unspecified atom stereocenters. The number of ether oxygens (including phenoxy) is 2. The number of nitrogens with one attached hydrogen (secondary N) is 3. The van der Waals surface area contributed by atoms with Gasteiger partial charge in [-0.3, -0.25) is 23.9 Å². The summed E-state index contributed by atoms with van der Waals surface area (Å²) in [6.07, 6.45) is 2.55. The molecule has 5 rings (SSSR count). The monoisotopic (exact) mass is 681 g/mol. The van der Waals surface area contributed by atoms with E-state index in [1.54, 1.807) is 45.6 Å². The van der Waals surface area contributed by atoms with Crippen LogP contribution in [0.1, 0.15) is 24.1 Å². The van der Waals surface area contributed by atoms with Gasteiger partial charge in [-0.2, -0.15) is 4.98 Å². The number of carbonyl (C=O) groups excluding carboxylic acids is 3. The largest absolute Gasteiger partial charge is 0.486 e. The highest BCUT2D eigenvalue weighted by molar-refractivity contribution is 6.38. The van der Waals surface area contributed by atoms with E-state index in [0.29, 0.717) is 59.6 Å². The smallest absolute Gasteiger partial charge is 0.297 e. The third-order valence-electron chi connectivity index (χ3n) is 8.18. The SMILES string of the molecule is CNC(=O)C1CNCC(CC(=O)NCC(=O)N(C)c2ccc(Cl)c(COc3cccc4c3nc(OC)n4Cc3ccccn3)c2Cl)C1. The normalized spacial score (nSPS) is 16.0. The first kappa shape index (κ1) is 34.0. The minimum Gasteiger partial charge on any atom is -0.486 e. The quantitative estimate of drug-likeness (QED) is 0.205. The number of methoxy groups -OCH3 is 1. The first-order chi connectivity index (χ1) is 22.7. The molecule has 2 aromatic carbocycles. The molecular weight excluding hydrogens is 645 g/mol. The number of piperidine rings is 1. The maximum atomic E-state index is 13.1. The fourth-order valence-electron chi connectivity index (χ4n) is 5.66. The van der Waals surface area contributed by atoms with Gasteiger partial charge in [0.05, 0.1) is 48.0 Å². The average molecular weight is 683 g/mol. The van der Waals surface area contributed by atoms with Gasteiger partial charge in [-0.25, -0.2) is 0 Å². The first-order valence-corrected chi connectivity index (χ1v) is 15.9. The Hall–Kier alpha value is -4.39. The van der Waals surface area contributed by atoms with Crippen LogP contribution in [0.25, 0.3) is 11.0 Å². The molecule has 14 heteroatoms. The molecule has 0 spiro atoms. The van der Waals surface area contributed by atoms with Crippen LogP contribution in [0.2, 0.25) is 10.0 Å². The van der Waals surface area contributed by atoms with Gasteiger partial charge in [-0.05, 0) is 55.3 Å². The van der Waals surface area contributed by atoms with Crippen molar-refractivity contribution in [1.82, 2.24) is 30.5 Å². The summed E-state index contributed by atoms with van der Waals surface area (Å²) in [5.41, 5.74) is 3.15. The maximum absolute atomic E-state index is 13.1. The summed E-state index contributed by atoms with van der Waals surface area (Å²) in [5.74, 6) is -0.368. The standard InChI is InChI=1S/C33H37Cl2N7O5/c1-36-32(45)21-13-20(15-37-16-21)14-28(43)39-17-29(44)41(2)25-11-10-24(34)23(30(25)35)19-47-27-9-6-8-26-31(27)40-33(46-3)42(26)18-22-7-4-5-12-38-22/h4-12,20-21,37H,13-19H2,1-3H3,(H,36,45)(H,39,43). The number of benzene rings is 2. The number of rotatable bonds is 12. The predicted octanol–water partition coefficient (Wildman–Crippen LogP) is 3.81. The lowest BCUT2D eigenvalue weighted by Crippen LogP contribution is -2.45. The molecule has 0 radical (unpaired) electrons. The number of halogens is 2. The number of hydrogen-bond acceptors (Lipinski definition) is 8. The van der Waals surface area contributed by atoms with Crippen molar-refractivity contribution in [3.05, 3.63) is 76.0 Å². The zero-order valence-electron chi connectivity index (χ0n) is 26.4. The number of hydrogen-bond donors (Lipinski definition) is 3. The lowest BCUT2D eigenvalue weighted by molar-refractivity contribution is -0.127. The van der Waals surface area contributed by atoms with Crippen LogP contribution in [0.4, 0.5) is 5.69 Å². The van der Waals surface area contributed by atoms with E-state index in [2.05, 4.69) is 25.9 Å². The molecule has 3 amide bonds. The van der Waals surface area contributed by atoms with E-state index in [1.807, 2.05) is 34.9 Å². The zero-order chi connectivity index (χ0) is 33.5. The number of aromatic nitrogens is 3. The van der Waals surface area contributed by atoms with E-state index in [1.165, 1.54) is 4.90 Å². The summed E-state index contributed by atoms with van der Waals surface area (Å²) >= 11 is 13.3. The van der Waals surface area contributed by atoms with E-state index in [9.17, 15) is 14.4 Å². The van der Waals surface area contributed by atoms with E-state index in [-0.39, 0.29) is 54.2 Å². The molecule has 12 nitrogen and oxygen atoms in total. The Balaban J connectivity index is 1.24. The second-order valence-corrected chi connectivity index (χ2v) is 12.1. The topological polar surface area (TPSA) is 140 Å². The lowest BCUT2D eigenvalue weighted by Gasteiger charge is -2.28. The molecule has 3 N–H and O–H groups in total. The maximum Gasteiger partial charge on any atom is 0.297 e. The summed E-state index contributed by atoms with van der Waals surface area (Å²) < 4.78 is 13.7. The number of anilines is 1. The van der Waals surface area contributed by atoms with Crippen LogP contribution in [0.5, 0.6) is 11.8 Å². The second-order valence-electron chi connectivity index (χ2n) is 11.3. The van der Waals surface area contributed by atoms with Crippen LogP contribution in [0.15, 0.2) is 54.7 Å². The van der Waals surface area contributed by atoms with Crippen molar-refractivity contribution in [1.29, 1.82) is 0 Å². The van der Waals surface area contributed by atoms with E-state index in [0.717, 1.165) is 11.2 Å². The summed E-state index contributed by atoms with van der Waals surface area (Å²) in [7, 11) is 4.74. The molecule has 1 aliphatic rings. The van der Waals surface area contributed by atoms with Gasteiger partial charge < -0.3 is 30.3 Å². The van der Waals surface area contributed by atoms with Crippen molar-refractivity contribution < 1.29 is 23.9 Å². The van der Waals surface area contributed by atoms with Gasteiger partial charge in [0.1, 0.15) is 17.9 Å². The van der Waals surface area contributed by atoms with Gasteiger partial charge in [0.25, 0.3) is 6.01 Å². The number of fused-ring (bicyclic) bond motifs is 1. The number of likely N-dealkylation sites (N-methyl/N-ethyl adjacent to an activating group) is 1. The van der Waals surface area contributed by atoms with Crippen molar-refractivity contribution in [2.75, 3.05) is 45.7 Å². The lowest BCUT2D eigenvalue weighted by atomic mass is 9.87. The highest BCUT2D eigenvalue weighted by atomic mass is 35.5. The van der Waals surface area contributed by atoms with Gasteiger partial charge in [0, 0.05) is 43.8 Å². The molecule has 2 atom stereocenters.